The number of hydrogen-bond donors (Lipinski definition) is 1. The molecule has 0 bridgehead atoms. The lowest BCUT2D eigenvalue weighted by Crippen LogP contribution is -2.12. The first-order valence-electron chi connectivity index (χ1n) is 6.48. The zero-order chi connectivity index (χ0) is 15.7. The zero-order valence-electron chi connectivity index (χ0n) is 11.8. The quantitative estimate of drug-likeness (QED) is 0.689. The lowest BCUT2D eigenvalue weighted by molar-refractivity contribution is 0.174. The number of ether oxygens (including phenoxy) is 2. The number of amidine groups is 1. The van der Waals surface area contributed by atoms with E-state index in [4.69, 9.17) is 15.2 Å². The summed E-state index contributed by atoms with van der Waals surface area (Å²) in [5, 5.41) is 0. The van der Waals surface area contributed by atoms with Crippen LogP contribution in [0.15, 0.2) is 52.4 Å². The summed E-state index contributed by atoms with van der Waals surface area (Å²) in [7, 11) is -3.22. The summed E-state index contributed by atoms with van der Waals surface area (Å²) in [5.41, 5.74) is 7.26. The highest BCUT2D eigenvalue weighted by Gasteiger charge is 2.14. The molecule has 2 aromatic rings. The third-order valence-corrected chi connectivity index (χ3v) is 4.31. The highest BCUT2D eigenvalue weighted by Crippen LogP contribution is 2.32. The molecule has 0 aliphatic carbocycles. The second kappa shape index (κ2) is 5.34. The predicted octanol–water partition coefficient (Wildman–Crippen LogP) is 1.86. The van der Waals surface area contributed by atoms with Crippen LogP contribution < -0.4 is 15.2 Å². The van der Waals surface area contributed by atoms with Crippen LogP contribution in [-0.2, 0) is 9.84 Å². The highest BCUT2D eigenvalue weighted by atomic mass is 32.2. The minimum atomic E-state index is -3.22. The maximum Gasteiger partial charge on any atom is 0.231 e. The molecular weight excluding hydrogens is 304 g/mol. The first kappa shape index (κ1) is 14.4. The second-order valence-electron chi connectivity index (χ2n) is 4.83. The minimum Gasteiger partial charge on any atom is -0.454 e. The van der Waals surface area contributed by atoms with Crippen LogP contribution in [0, 0.1) is 0 Å². The molecule has 114 valence electrons. The van der Waals surface area contributed by atoms with E-state index in [0.29, 0.717) is 28.6 Å². The molecule has 0 saturated heterocycles. The van der Waals surface area contributed by atoms with Crippen molar-refractivity contribution in [3.63, 3.8) is 0 Å². The number of aliphatic imine (C=N–C) groups is 1. The monoisotopic (exact) mass is 318 g/mol. The third kappa shape index (κ3) is 2.89. The molecule has 7 heteroatoms. The Kier molecular flexibility index (Phi) is 3.50. The molecule has 0 amide bonds. The molecule has 2 N–H and O–H groups in total. The molecule has 2 aromatic carbocycles. The first-order valence-corrected chi connectivity index (χ1v) is 8.37. The van der Waals surface area contributed by atoms with E-state index in [1.54, 1.807) is 30.3 Å². The molecule has 1 aliphatic heterocycles. The molecule has 3 rings (SSSR count). The lowest BCUT2D eigenvalue weighted by Gasteiger charge is -2.04. The van der Waals surface area contributed by atoms with Gasteiger partial charge in [-0.1, -0.05) is 0 Å². The maximum atomic E-state index is 11.4. The van der Waals surface area contributed by atoms with Crippen molar-refractivity contribution in [2.75, 3.05) is 13.0 Å². The van der Waals surface area contributed by atoms with E-state index in [-0.39, 0.29) is 11.7 Å². The van der Waals surface area contributed by atoms with E-state index in [1.165, 1.54) is 12.1 Å². The van der Waals surface area contributed by atoms with Crippen molar-refractivity contribution in [3.8, 4) is 11.5 Å². The van der Waals surface area contributed by atoms with E-state index in [2.05, 4.69) is 4.99 Å². The molecule has 1 aliphatic rings. The van der Waals surface area contributed by atoms with Gasteiger partial charge in [0.05, 0.1) is 10.6 Å². The summed E-state index contributed by atoms with van der Waals surface area (Å²) in [5.74, 6) is 1.61. The van der Waals surface area contributed by atoms with Gasteiger partial charge in [0, 0.05) is 11.8 Å². The molecule has 22 heavy (non-hydrogen) atoms. The Morgan fingerprint density at radius 2 is 1.77 bits per heavy atom. The van der Waals surface area contributed by atoms with Crippen LogP contribution in [0.5, 0.6) is 11.5 Å². The van der Waals surface area contributed by atoms with Crippen LogP contribution in [0.1, 0.15) is 5.56 Å². The van der Waals surface area contributed by atoms with Crippen molar-refractivity contribution in [1.29, 1.82) is 0 Å². The van der Waals surface area contributed by atoms with Gasteiger partial charge < -0.3 is 15.2 Å². The van der Waals surface area contributed by atoms with Gasteiger partial charge in [-0.2, -0.15) is 0 Å². The fraction of sp³-hybridized carbons (Fsp3) is 0.133. The Bertz CT molecular complexity index is 842. The van der Waals surface area contributed by atoms with Crippen molar-refractivity contribution in [3.05, 3.63) is 48.0 Å². The van der Waals surface area contributed by atoms with E-state index in [9.17, 15) is 8.42 Å². The number of rotatable bonds is 3. The minimum absolute atomic E-state index is 0.197. The van der Waals surface area contributed by atoms with Crippen molar-refractivity contribution in [2.24, 2.45) is 10.7 Å². The molecule has 0 radical (unpaired) electrons. The summed E-state index contributed by atoms with van der Waals surface area (Å²) in [6.45, 7) is 0.197. The Labute approximate surface area is 128 Å². The van der Waals surface area contributed by atoms with Gasteiger partial charge >= 0.3 is 0 Å². The largest absolute Gasteiger partial charge is 0.454 e. The van der Waals surface area contributed by atoms with Crippen LogP contribution in [-0.4, -0.2) is 27.3 Å². The molecule has 0 aromatic heterocycles. The van der Waals surface area contributed by atoms with Gasteiger partial charge in [0.15, 0.2) is 21.3 Å². The second-order valence-corrected chi connectivity index (χ2v) is 6.85. The molecule has 0 unspecified atom stereocenters. The molecule has 6 nitrogen and oxygen atoms in total. The Morgan fingerprint density at radius 1 is 1.09 bits per heavy atom. The van der Waals surface area contributed by atoms with Gasteiger partial charge in [-0.05, 0) is 42.5 Å². The van der Waals surface area contributed by atoms with Crippen LogP contribution in [0.25, 0.3) is 0 Å². The molecule has 0 spiro atoms. The van der Waals surface area contributed by atoms with Crippen LogP contribution in [0.2, 0.25) is 0 Å². The van der Waals surface area contributed by atoms with Gasteiger partial charge in [0.1, 0.15) is 5.84 Å². The normalized spacial score (nSPS) is 14.1. The van der Waals surface area contributed by atoms with Crippen molar-refractivity contribution < 1.29 is 17.9 Å². The summed E-state index contributed by atoms with van der Waals surface area (Å²) >= 11 is 0. The molecule has 1 heterocycles. The standard InChI is InChI=1S/C15H14N2O4S/c1-22(18,19)12-5-3-11(4-6-12)17-15(16)10-2-7-13-14(8-10)21-9-20-13/h2-8H,9H2,1H3,(H2,16,17). The zero-order valence-corrected chi connectivity index (χ0v) is 12.6. The Morgan fingerprint density at radius 3 is 2.45 bits per heavy atom. The van der Waals surface area contributed by atoms with Gasteiger partial charge in [0.2, 0.25) is 6.79 Å². The maximum absolute atomic E-state index is 11.4. The Hall–Kier alpha value is -2.54. The summed E-state index contributed by atoms with van der Waals surface area (Å²) in [6.07, 6.45) is 1.16. The van der Waals surface area contributed by atoms with E-state index in [1.807, 2.05) is 0 Å². The van der Waals surface area contributed by atoms with Gasteiger partial charge in [0.25, 0.3) is 0 Å². The van der Waals surface area contributed by atoms with Crippen LogP contribution in [0.4, 0.5) is 5.69 Å². The summed E-state index contributed by atoms with van der Waals surface area (Å²) < 4.78 is 33.3. The lowest BCUT2D eigenvalue weighted by atomic mass is 10.2. The van der Waals surface area contributed by atoms with Crippen molar-refractivity contribution >= 4 is 21.4 Å². The number of nitrogens with zero attached hydrogens (tertiary/aromatic N) is 1. The third-order valence-electron chi connectivity index (χ3n) is 3.18. The smallest absolute Gasteiger partial charge is 0.231 e. The van der Waals surface area contributed by atoms with Gasteiger partial charge in [-0.3, -0.25) is 0 Å². The summed E-state index contributed by atoms with van der Waals surface area (Å²) in [4.78, 5) is 4.52. The number of sulfone groups is 1. The van der Waals surface area contributed by atoms with Gasteiger partial charge in [-0.15, -0.1) is 0 Å². The number of nitrogens with two attached hydrogens (primary N) is 1. The molecule has 0 atom stereocenters. The number of hydrogen-bond acceptors (Lipinski definition) is 5. The number of benzene rings is 2. The van der Waals surface area contributed by atoms with Gasteiger partial charge in [-0.25, -0.2) is 13.4 Å². The van der Waals surface area contributed by atoms with Crippen molar-refractivity contribution in [1.82, 2.24) is 0 Å². The average molecular weight is 318 g/mol. The van der Waals surface area contributed by atoms with Crippen molar-refractivity contribution in [2.45, 2.75) is 4.90 Å². The molecular formula is C15H14N2O4S. The highest BCUT2D eigenvalue weighted by molar-refractivity contribution is 7.90. The van der Waals surface area contributed by atoms with Crippen LogP contribution in [0.3, 0.4) is 0 Å². The molecule has 0 fully saturated rings. The Balaban J connectivity index is 1.88. The predicted molar refractivity (Wildman–Crippen MR) is 82.5 cm³/mol. The summed E-state index contributed by atoms with van der Waals surface area (Å²) in [6, 6.07) is 11.5. The fourth-order valence-corrected chi connectivity index (χ4v) is 2.66. The average Bonchev–Trinajstić information content (AvgIpc) is 2.94. The topological polar surface area (TPSA) is 91.0 Å². The molecule has 0 saturated carbocycles. The van der Waals surface area contributed by atoms with Crippen LogP contribution >= 0.6 is 0 Å². The first-order chi connectivity index (χ1) is 10.4. The van der Waals surface area contributed by atoms with E-state index >= 15 is 0 Å². The van der Waals surface area contributed by atoms with E-state index < -0.39 is 9.84 Å². The fourth-order valence-electron chi connectivity index (χ4n) is 2.03. The number of fused-ring (bicyclic) bond motifs is 1. The van der Waals surface area contributed by atoms with E-state index in [0.717, 1.165) is 6.26 Å². The SMILES string of the molecule is CS(=O)(=O)c1ccc(N=C(N)c2ccc3c(c2)OCO3)cc1.